The fraction of sp³-hybridized carbons (Fsp3) is 0.333. The van der Waals surface area contributed by atoms with E-state index in [1.165, 1.54) is 6.20 Å². The normalized spacial score (nSPS) is 19.0. The van der Waals surface area contributed by atoms with E-state index in [1.54, 1.807) is 0 Å². The standard InChI is InChI=1S/C9H8ClN3/c1-5-2-7-8(10)6(3-11)4-12-9(7)13-5/h4-5H,2H2,1H3,(H,12,13). The van der Waals surface area contributed by atoms with Crippen LogP contribution in [0.4, 0.5) is 5.82 Å². The number of hydrogen-bond donors (Lipinski definition) is 1. The number of nitrogens with zero attached hydrogens (tertiary/aromatic N) is 2. The van der Waals surface area contributed by atoms with Crippen molar-refractivity contribution in [2.75, 3.05) is 5.32 Å². The van der Waals surface area contributed by atoms with Gasteiger partial charge >= 0.3 is 0 Å². The van der Waals surface area contributed by atoms with Gasteiger partial charge in [-0.15, -0.1) is 0 Å². The van der Waals surface area contributed by atoms with Gasteiger partial charge in [0.25, 0.3) is 0 Å². The topological polar surface area (TPSA) is 48.7 Å². The molecule has 4 heteroatoms. The van der Waals surface area contributed by atoms with E-state index in [0.29, 0.717) is 16.6 Å². The number of fused-ring (bicyclic) bond motifs is 1. The van der Waals surface area contributed by atoms with Crippen molar-refractivity contribution in [2.24, 2.45) is 0 Å². The van der Waals surface area contributed by atoms with Gasteiger partial charge in [-0.3, -0.25) is 0 Å². The van der Waals surface area contributed by atoms with Crippen molar-refractivity contribution in [3.05, 3.63) is 22.3 Å². The number of halogens is 1. The summed E-state index contributed by atoms with van der Waals surface area (Å²) in [6.07, 6.45) is 2.35. The number of nitriles is 1. The molecular weight excluding hydrogens is 186 g/mol. The minimum Gasteiger partial charge on any atom is -0.367 e. The molecule has 0 amide bonds. The second kappa shape index (κ2) is 2.90. The van der Waals surface area contributed by atoms with Gasteiger partial charge in [0.05, 0.1) is 10.6 Å². The molecule has 0 saturated heterocycles. The lowest BCUT2D eigenvalue weighted by molar-refractivity contribution is 0.838. The van der Waals surface area contributed by atoms with Crippen LogP contribution in [0, 0.1) is 11.3 Å². The molecule has 1 N–H and O–H groups in total. The smallest absolute Gasteiger partial charge is 0.131 e. The Balaban J connectivity index is 2.56. The molecule has 66 valence electrons. The van der Waals surface area contributed by atoms with E-state index in [-0.39, 0.29) is 0 Å². The molecule has 13 heavy (non-hydrogen) atoms. The first-order valence-electron chi connectivity index (χ1n) is 4.06. The van der Waals surface area contributed by atoms with Gasteiger partial charge in [-0.2, -0.15) is 5.26 Å². The van der Waals surface area contributed by atoms with Crippen LogP contribution < -0.4 is 5.32 Å². The molecule has 0 saturated carbocycles. The number of nitrogens with one attached hydrogen (secondary N) is 1. The Bertz CT molecular complexity index is 395. The average Bonchev–Trinajstić information content (AvgIpc) is 2.47. The van der Waals surface area contributed by atoms with Crippen molar-refractivity contribution in [3.63, 3.8) is 0 Å². The van der Waals surface area contributed by atoms with Crippen molar-refractivity contribution in [3.8, 4) is 6.07 Å². The lowest BCUT2D eigenvalue weighted by atomic mass is 10.1. The number of aromatic nitrogens is 1. The van der Waals surface area contributed by atoms with Crippen LogP contribution in [-0.2, 0) is 6.42 Å². The van der Waals surface area contributed by atoms with Gasteiger partial charge in [-0.25, -0.2) is 4.98 Å². The summed E-state index contributed by atoms with van der Waals surface area (Å²) in [4.78, 5) is 4.12. The van der Waals surface area contributed by atoms with Crippen molar-refractivity contribution in [1.29, 1.82) is 5.26 Å². The second-order valence-electron chi connectivity index (χ2n) is 3.17. The van der Waals surface area contributed by atoms with Gasteiger partial charge in [-0.05, 0) is 13.3 Å². The summed E-state index contributed by atoms with van der Waals surface area (Å²) in [5.41, 5.74) is 1.42. The lowest BCUT2D eigenvalue weighted by Gasteiger charge is -2.01. The molecule has 1 aliphatic heterocycles. The Hall–Kier alpha value is -1.27. The lowest BCUT2D eigenvalue weighted by Crippen LogP contribution is -2.08. The zero-order chi connectivity index (χ0) is 9.42. The molecule has 0 spiro atoms. The molecule has 0 aromatic carbocycles. The Morgan fingerprint density at radius 1 is 1.77 bits per heavy atom. The zero-order valence-corrected chi connectivity index (χ0v) is 7.89. The van der Waals surface area contributed by atoms with Crippen molar-refractivity contribution >= 4 is 17.4 Å². The van der Waals surface area contributed by atoms with Gasteiger partial charge < -0.3 is 5.32 Å². The maximum atomic E-state index is 8.72. The summed E-state index contributed by atoms with van der Waals surface area (Å²) in [5.74, 6) is 0.816. The van der Waals surface area contributed by atoms with E-state index in [9.17, 15) is 0 Å². The first-order valence-corrected chi connectivity index (χ1v) is 4.44. The summed E-state index contributed by atoms with van der Waals surface area (Å²) in [5, 5.41) is 12.5. The molecule has 3 nitrogen and oxygen atoms in total. The second-order valence-corrected chi connectivity index (χ2v) is 3.55. The van der Waals surface area contributed by atoms with Gasteiger partial charge in [0.1, 0.15) is 11.9 Å². The van der Waals surface area contributed by atoms with Gasteiger partial charge in [0, 0.05) is 17.8 Å². The largest absolute Gasteiger partial charge is 0.367 e. The summed E-state index contributed by atoms with van der Waals surface area (Å²) in [7, 11) is 0. The molecule has 0 aliphatic carbocycles. The van der Waals surface area contributed by atoms with Crippen molar-refractivity contribution < 1.29 is 0 Å². The maximum absolute atomic E-state index is 8.72. The molecule has 2 heterocycles. The van der Waals surface area contributed by atoms with Gasteiger partial charge in [-0.1, -0.05) is 11.6 Å². The SMILES string of the molecule is CC1Cc2c(ncc(C#N)c2Cl)N1. The summed E-state index contributed by atoms with van der Waals surface area (Å²) in [6.45, 7) is 2.06. The molecule has 1 aromatic heterocycles. The minimum atomic E-state index is 0.356. The maximum Gasteiger partial charge on any atom is 0.131 e. The first-order chi connectivity index (χ1) is 6.22. The van der Waals surface area contributed by atoms with Gasteiger partial charge in [0.15, 0.2) is 0 Å². The Morgan fingerprint density at radius 3 is 3.23 bits per heavy atom. The molecule has 0 bridgehead atoms. The Morgan fingerprint density at radius 2 is 2.54 bits per heavy atom. The zero-order valence-electron chi connectivity index (χ0n) is 7.13. The number of anilines is 1. The molecular formula is C9H8ClN3. The van der Waals surface area contributed by atoms with Crippen LogP contribution in [0.3, 0.4) is 0 Å². The van der Waals surface area contributed by atoms with Crippen LogP contribution in [0.1, 0.15) is 18.1 Å². The van der Waals surface area contributed by atoms with E-state index in [1.807, 2.05) is 6.07 Å². The molecule has 0 radical (unpaired) electrons. The Labute approximate surface area is 81.4 Å². The monoisotopic (exact) mass is 193 g/mol. The number of hydrogen-bond acceptors (Lipinski definition) is 3. The highest BCUT2D eigenvalue weighted by Crippen LogP contribution is 2.31. The minimum absolute atomic E-state index is 0.356. The molecule has 1 unspecified atom stereocenters. The van der Waals surface area contributed by atoms with Crippen LogP contribution in [0.15, 0.2) is 6.20 Å². The van der Waals surface area contributed by atoms with Crippen molar-refractivity contribution in [1.82, 2.24) is 4.98 Å². The highest BCUT2D eigenvalue weighted by Gasteiger charge is 2.22. The molecule has 2 rings (SSSR count). The van der Waals surface area contributed by atoms with Crippen LogP contribution in [-0.4, -0.2) is 11.0 Å². The quantitative estimate of drug-likeness (QED) is 0.685. The van der Waals surface area contributed by atoms with E-state index in [0.717, 1.165) is 17.8 Å². The summed E-state index contributed by atoms with van der Waals surface area (Å²) < 4.78 is 0. The molecule has 1 atom stereocenters. The van der Waals surface area contributed by atoms with Gasteiger partial charge in [0.2, 0.25) is 0 Å². The fourth-order valence-electron chi connectivity index (χ4n) is 1.51. The summed E-state index contributed by atoms with van der Waals surface area (Å²) >= 11 is 6.02. The predicted molar refractivity (Wildman–Crippen MR) is 50.8 cm³/mol. The number of rotatable bonds is 0. The van der Waals surface area contributed by atoms with Crippen LogP contribution in [0.2, 0.25) is 5.02 Å². The van der Waals surface area contributed by atoms with Crippen LogP contribution in [0.5, 0.6) is 0 Å². The summed E-state index contributed by atoms with van der Waals surface area (Å²) in [6, 6.07) is 2.37. The van der Waals surface area contributed by atoms with Crippen LogP contribution >= 0.6 is 11.6 Å². The first kappa shape index (κ1) is 8.33. The highest BCUT2D eigenvalue weighted by molar-refractivity contribution is 6.32. The van der Waals surface area contributed by atoms with E-state index < -0.39 is 0 Å². The molecule has 1 aliphatic rings. The third-order valence-corrected chi connectivity index (χ3v) is 2.56. The average molecular weight is 194 g/mol. The van der Waals surface area contributed by atoms with E-state index in [2.05, 4.69) is 17.2 Å². The molecule has 0 fully saturated rings. The third-order valence-electron chi connectivity index (χ3n) is 2.12. The molecule has 1 aromatic rings. The predicted octanol–water partition coefficient (Wildman–Crippen LogP) is 1.96. The van der Waals surface area contributed by atoms with Crippen molar-refractivity contribution in [2.45, 2.75) is 19.4 Å². The van der Waals surface area contributed by atoms with E-state index in [4.69, 9.17) is 16.9 Å². The highest BCUT2D eigenvalue weighted by atomic mass is 35.5. The fourth-order valence-corrected chi connectivity index (χ4v) is 1.77. The third kappa shape index (κ3) is 1.24. The van der Waals surface area contributed by atoms with Crippen LogP contribution in [0.25, 0.3) is 0 Å². The Kier molecular flexibility index (Phi) is 1.86. The van der Waals surface area contributed by atoms with E-state index >= 15 is 0 Å². The number of pyridine rings is 1.